The molecule has 0 aliphatic rings. The summed E-state index contributed by atoms with van der Waals surface area (Å²) in [5.41, 5.74) is 1.37. The van der Waals surface area contributed by atoms with Crippen molar-refractivity contribution in [2.75, 3.05) is 13.7 Å². The number of amides is 1. The van der Waals surface area contributed by atoms with Gasteiger partial charge in [-0.15, -0.1) is 0 Å². The number of rotatable bonds is 7. The van der Waals surface area contributed by atoms with Crippen LogP contribution in [0, 0.1) is 13.8 Å². The van der Waals surface area contributed by atoms with Crippen molar-refractivity contribution in [2.24, 2.45) is 0 Å². The molecule has 0 saturated carbocycles. The second-order valence-electron chi connectivity index (χ2n) is 5.97. The molecule has 0 aliphatic heterocycles. The molecule has 0 spiro atoms. The molecule has 0 heterocycles. The van der Waals surface area contributed by atoms with Crippen molar-refractivity contribution in [2.45, 2.75) is 13.8 Å². The van der Waals surface area contributed by atoms with Gasteiger partial charge in [0.05, 0.1) is 7.11 Å². The average molecular weight is 406 g/mol. The molecule has 0 unspecified atom stereocenters. The summed E-state index contributed by atoms with van der Waals surface area (Å²) in [6.45, 7) is 3.23. The molecule has 0 fully saturated rings. The normalized spacial score (nSPS) is 11.1. The van der Waals surface area contributed by atoms with Crippen LogP contribution in [-0.4, -0.2) is 35.8 Å². The number of aromatic hydroxyl groups is 1. The van der Waals surface area contributed by atoms with Crippen molar-refractivity contribution in [3.05, 3.63) is 57.7 Å². The third-order valence-corrected chi connectivity index (χ3v) is 4.43. The molecule has 0 bridgehead atoms. The van der Waals surface area contributed by atoms with E-state index in [9.17, 15) is 19.8 Å². The fourth-order valence-corrected chi connectivity index (χ4v) is 2.56. The summed E-state index contributed by atoms with van der Waals surface area (Å²) in [5.74, 6) is -1.64. The Balaban J connectivity index is 2.12. The van der Waals surface area contributed by atoms with Crippen molar-refractivity contribution in [3.8, 4) is 17.2 Å². The highest BCUT2D eigenvalue weighted by Gasteiger charge is 2.15. The number of aryl methyl sites for hydroxylation is 2. The van der Waals surface area contributed by atoms with Crippen LogP contribution in [0.25, 0.3) is 6.08 Å². The summed E-state index contributed by atoms with van der Waals surface area (Å²) in [4.78, 5) is 23.6. The molecule has 148 valence electrons. The van der Waals surface area contributed by atoms with Gasteiger partial charge in [-0.1, -0.05) is 23.7 Å². The number of hydrogen-bond donors (Lipinski definition) is 3. The Bertz CT molecular complexity index is 915. The molecule has 8 heteroatoms. The van der Waals surface area contributed by atoms with Crippen LogP contribution in [0.1, 0.15) is 16.7 Å². The van der Waals surface area contributed by atoms with E-state index < -0.39 is 24.2 Å². The van der Waals surface area contributed by atoms with Gasteiger partial charge in [0.25, 0.3) is 5.91 Å². The Morgan fingerprint density at radius 1 is 1.21 bits per heavy atom. The first-order valence-corrected chi connectivity index (χ1v) is 8.61. The zero-order valence-corrected chi connectivity index (χ0v) is 16.3. The van der Waals surface area contributed by atoms with Gasteiger partial charge in [0.15, 0.2) is 18.1 Å². The maximum Gasteiger partial charge on any atom is 0.352 e. The van der Waals surface area contributed by atoms with Gasteiger partial charge >= 0.3 is 5.97 Å². The van der Waals surface area contributed by atoms with Crippen LogP contribution in [0.5, 0.6) is 17.2 Å². The smallest absolute Gasteiger partial charge is 0.352 e. The Morgan fingerprint density at radius 2 is 1.86 bits per heavy atom. The number of para-hydroxylation sites is 1. The summed E-state index contributed by atoms with van der Waals surface area (Å²) in [7, 11) is 1.37. The second kappa shape index (κ2) is 9.14. The van der Waals surface area contributed by atoms with Crippen LogP contribution in [0.3, 0.4) is 0 Å². The minimum Gasteiger partial charge on any atom is -0.504 e. The molecule has 0 atom stereocenters. The van der Waals surface area contributed by atoms with Crippen LogP contribution >= 0.6 is 11.6 Å². The van der Waals surface area contributed by atoms with Gasteiger partial charge in [-0.3, -0.25) is 4.79 Å². The SMILES string of the molecule is COc1cccc(/C=C(/NC(=O)COc2cc(C)c(Cl)c(C)c2)C(=O)O)c1O. The molecule has 2 aromatic carbocycles. The monoisotopic (exact) mass is 405 g/mol. The number of carboxylic acid groups (broad SMARTS) is 1. The van der Waals surface area contributed by atoms with Gasteiger partial charge < -0.3 is 25.0 Å². The minimum atomic E-state index is -1.37. The predicted octanol–water partition coefficient (Wildman–Crippen LogP) is 3.29. The van der Waals surface area contributed by atoms with Crippen molar-refractivity contribution in [1.82, 2.24) is 5.32 Å². The highest BCUT2D eigenvalue weighted by molar-refractivity contribution is 6.32. The fraction of sp³-hybridized carbons (Fsp3) is 0.200. The van der Waals surface area contributed by atoms with Gasteiger partial charge in [0.1, 0.15) is 11.4 Å². The summed E-state index contributed by atoms with van der Waals surface area (Å²) < 4.78 is 10.4. The number of carbonyl (C=O) groups is 2. The molecule has 0 radical (unpaired) electrons. The summed E-state index contributed by atoms with van der Waals surface area (Å²) in [5, 5.41) is 22.3. The van der Waals surface area contributed by atoms with E-state index in [1.54, 1.807) is 18.2 Å². The number of aliphatic carboxylic acids is 1. The van der Waals surface area contributed by atoms with Crippen molar-refractivity contribution >= 4 is 29.6 Å². The van der Waals surface area contributed by atoms with E-state index in [-0.39, 0.29) is 17.1 Å². The number of halogens is 1. The number of methoxy groups -OCH3 is 1. The van der Waals surface area contributed by atoms with Crippen molar-refractivity contribution < 1.29 is 29.3 Å². The molecular weight excluding hydrogens is 386 g/mol. The van der Waals surface area contributed by atoms with Crippen LogP contribution < -0.4 is 14.8 Å². The first-order chi connectivity index (χ1) is 13.2. The van der Waals surface area contributed by atoms with E-state index in [0.29, 0.717) is 10.8 Å². The Hall–Kier alpha value is -3.19. The largest absolute Gasteiger partial charge is 0.504 e. The molecule has 3 N–H and O–H groups in total. The maximum atomic E-state index is 12.1. The molecule has 2 aromatic rings. The molecule has 0 aliphatic carbocycles. The zero-order valence-electron chi connectivity index (χ0n) is 15.6. The minimum absolute atomic E-state index is 0.182. The Morgan fingerprint density at radius 3 is 2.43 bits per heavy atom. The van der Waals surface area contributed by atoms with E-state index in [2.05, 4.69) is 5.32 Å². The lowest BCUT2D eigenvalue weighted by atomic mass is 10.1. The number of hydrogen-bond acceptors (Lipinski definition) is 5. The van der Waals surface area contributed by atoms with Crippen LogP contribution in [-0.2, 0) is 9.59 Å². The van der Waals surface area contributed by atoms with E-state index >= 15 is 0 Å². The summed E-state index contributed by atoms with van der Waals surface area (Å²) >= 11 is 6.09. The average Bonchev–Trinajstić information content (AvgIpc) is 2.65. The first kappa shape index (κ1) is 21.1. The third-order valence-electron chi connectivity index (χ3n) is 3.83. The van der Waals surface area contributed by atoms with Crippen molar-refractivity contribution in [1.29, 1.82) is 0 Å². The van der Waals surface area contributed by atoms with Gasteiger partial charge in [-0.05, 0) is 49.2 Å². The number of phenols is 1. The Labute approximate surface area is 167 Å². The standard InChI is InChI=1S/C20H20ClNO6/c1-11-7-14(8-12(2)18(11)21)28-10-17(23)22-15(20(25)26)9-13-5-4-6-16(27-3)19(13)24/h4-9,24H,10H2,1-3H3,(H,22,23)(H,25,26)/b15-9+. The fourth-order valence-electron chi connectivity index (χ4n) is 2.45. The highest BCUT2D eigenvalue weighted by Crippen LogP contribution is 2.30. The molecule has 0 aromatic heterocycles. The van der Waals surface area contributed by atoms with Gasteiger partial charge in [0, 0.05) is 10.6 Å². The highest BCUT2D eigenvalue weighted by atomic mass is 35.5. The van der Waals surface area contributed by atoms with Crippen molar-refractivity contribution in [3.63, 3.8) is 0 Å². The molecule has 2 rings (SSSR count). The quantitative estimate of drug-likeness (QED) is 0.610. The van der Waals surface area contributed by atoms with E-state index in [1.807, 2.05) is 13.8 Å². The molecular formula is C20H20ClNO6. The summed E-state index contributed by atoms with van der Waals surface area (Å²) in [6.07, 6.45) is 1.13. The molecule has 0 saturated heterocycles. The third kappa shape index (κ3) is 5.17. The van der Waals surface area contributed by atoms with Gasteiger partial charge in [-0.2, -0.15) is 0 Å². The number of ether oxygens (including phenoxy) is 2. The molecule has 7 nitrogen and oxygen atoms in total. The number of phenolic OH excluding ortho intramolecular Hbond substituents is 1. The maximum absolute atomic E-state index is 12.1. The number of nitrogens with one attached hydrogen (secondary N) is 1. The number of carbonyl (C=O) groups excluding carboxylic acids is 1. The van der Waals surface area contributed by atoms with Gasteiger partial charge in [0.2, 0.25) is 0 Å². The second-order valence-corrected chi connectivity index (χ2v) is 6.35. The lowest BCUT2D eigenvalue weighted by Gasteiger charge is -2.11. The molecule has 1 amide bonds. The zero-order chi connectivity index (χ0) is 20.8. The number of benzene rings is 2. The lowest BCUT2D eigenvalue weighted by molar-refractivity contribution is -0.134. The predicted molar refractivity (Wildman–Crippen MR) is 105 cm³/mol. The molecule has 28 heavy (non-hydrogen) atoms. The first-order valence-electron chi connectivity index (χ1n) is 8.23. The van der Waals surface area contributed by atoms with Gasteiger partial charge in [-0.25, -0.2) is 4.79 Å². The summed E-state index contributed by atoms with van der Waals surface area (Å²) in [6, 6.07) is 7.97. The van der Waals surface area contributed by atoms with E-state index in [0.717, 1.165) is 17.2 Å². The van der Waals surface area contributed by atoms with E-state index in [1.165, 1.54) is 19.2 Å². The lowest BCUT2D eigenvalue weighted by Crippen LogP contribution is -2.31. The van der Waals surface area contributed by atoms with E-state index in [4.69, 9.17) is 21.1 Å². The van der Waals surface area contributed by atoms with Crippen LogP contribution in [0.4, 0.5) is 0 Å². The van der Waals surface area contributed by atoms with Crippen LogP contribution in [0.2, 0.25) is 5.02 Å². The number of carboxylic acids is 1. The van der Waals surface area contributed by atoms with Crippen LogP contribution in [0.15, 0.2) is 36.0 Å². The Kier molecular flexibility index (Phi) is 6.89. The topological polar surface area (TPSA) is 105 Å².